The van der Waals surface area contributed by atoms with Gasteiger partial charge in [-0.1, -0.05) is 25.1 Å². The van der Waals surface area contributed by atoms with Gasteiger partial charge in [0.05, 0.1) is 30.9 Å². The first-order chi connectivity index (χ1) is 16.1. The first-order valence-electron chi connectivity index (χ1n) is 10.9. The number of carbonyl (C=O) groups is 1. The predicted molar refractivity (Wildman–Crippen MR) is 126 cm³/mol. The highest BCUT2D eigenvalue weighted by Crippen LogP contribution is 2.50. The van der Waals surface area contributed by atoms with Crippen LogP contribution in [0.25, 0.3) is 0 Å². The molecule has 0 saturated carbocycles. The number of aliphatic hydroxyl groups is 1. The molecule has 1 aromatic carbocycles. The monoisotopic (exact) mass is 512 g/mol. The standard InChI is InChI=1S/C22H29N2O8PS/c1-14(2)30-21(27)15(3)13-33(28,32-16-7-5-4-6-8-16)29-12-18-17(25)11-20(31-18)24-10-9-19(26)23-22(24)34/h4-10,14-15,17-18,20,25H,11-13H2,1-3H3,(H,23,26,34)/t15-,17-,18-,20-,33?/m1/s1. The van der Waals surface area contributed by atoms with Gasteiger partial charge in [0.15, 0.2) is 4.77 Å². The molecular weight excluding hydrogens is 483 g/mol. The number of nitrogens with zero attached hydrogens (tertiary/aromatic N) is 1. The summed E-state index contributed by atoms with van der Waals surface area (Å²) in [5.41, 5.74) is -0.344. The van der Waals surface area contributed by atoms with Crippen molar-refractivity contribution in [1.29, 1.82) is 0 Å². The van der Waals surface area contributed by atoms with E-state index in [0.717, 1.165) is 0 Å². The Morgan fingerprint density at radius 3 is 2.65 bits per heavy atom. The van der Waals surface area contributed by atoms with E-state index in [1.165, 1.54) is 16.8 Å². The first kappa shape index (κ1) is 26.3. The van der Waals surface area contributed by atoms with E-state index in [2.05, 4.69) is 4.98 Å². The summed E-state index contributed by atoms with van der Waals surface area (Å²) in [6, 6.07) is 9.78. The van der Waals surface area contributed by atoms with Crippen molar-refractivity contribution in [1.82, 2.24) is 9.55 Å². The highest BCUT2D eigenvalue weighted by atomic mass is 32.1. The molecule has 10 nitrogen and oxygen atoms in total. The number of esters is 1. The summed E-state index contributed by atoms with van der Waals surface area (Å²) in [6.07, 6.45) is -1.27. The molecule has 1 saturated heterocycles. The van der Waals surface area contributed by atoms with Crippen LogP contribution in [-0.2, 0) is 23.4 Å². The Bertz CT molecular complexity index is 1140. The third-order valence-electron chi connectivity index (χ3n) is 5.04. The molecule has 2 aromatic rings. The maximum absolute atomic E-state index is 13.6. The average molecular weight is 513 g/mol. The summed E-state index contributed by atoms with van der Waals surface area (Å²) >= 11 is 5.16. The second-order valence-electron chi connectivity index (χ2n) is 8.33. The van der Waals surface area contributed by atoms with Gasteiger partial charge in [0, 0.05) is 18.7 Å². The van der Waals surface area contributed by atoms with Gasteiger partial charge >= 0.3 is 13.6 Å². The van der Waals surface area contributed by atoms with E-state index in [1.54, 1.807) is 51.1 Å². The number of carbonyl (C=O) groups excluding carboxylic acids is 1. The van der Waals surface area contributed by atoms with E-state index in [9.17, 15) is 19.3 Å². The van der Waals surface area contributed by atoms with Crippen LogP contribution in [0.15, 0.2) is 47.4 Å². The number of para-hydroxylation sites is 1. The number of aromatic amines is 1. The number of hydrogen-bond donors (Lipinski definition) is 2. The van der Waals surface area contributed by atoms with E-state index in [0.29, 0.717) is 5.75 Å². The lowest BCUT2D eigenvalue weighted by atomic mass is 10.2. The Morgan fingerprint density at radius 2 is 2.00 bits per heavy atom. The maximum atomic E-state index is 13.6. The van der Waals surface area contributed by atoms with Crippen LogP contribution >= 0.6 is 19.8 Å². The Kier molecular flexibility index (Phi) is 8.83. The van der Waals surface area contributed by atoms with Gasteiger partial charge in [-0.2, -0.15) is 0 Å². The van der Waals surface area contributed by atoms with Crippen molar-refractivity contribution in [3.63, 3.8) is 0 Å². The van der Waals surface area contributed by atoms with Crippen molar-refractivity contribution in [3.8, 4) is 5.75 Å². The van der Waals surface area contributed by atoms with Gasteiger partial charge in [0.1, 0.15) is 18.1 Å². The third-order valence-corrected chi connectivity index (χ3v) is 7.38. The molecule has 0 radical (unpaired) electrons. The molecule has 0 amide bonds. The molecule has 1 aliphatic rings. The van der Waals surface area contributed by atoms with Crippen LogP contribution in [0.1, 0.15) is 33.4 Å². The lowest BCUT2D eigenvalue weighted by molar-refractivity contribution is -0.151. The van der Waals surface area contributed by atoms with Crippen molar-refractivity contribution in [2.24, 2.45) is 5.92 Å². The summed E-state index contributed by atoms with van der Waals surface area (Å²) in [7, 11) is -3.85. The molecule has 1 aromatic heterocycles. The molecule has 0 bridgehead atoms. The summed E-state index contributed by atoms with van der Waals surface area (Å²) < 4.78 is 37.8. The van der Waals surface area contributed by atoms with Crippen LogP contribution < -0.4 is 10.1 Å². The number of benzene rings is 1. The summed E-state index contributed by atoms with van der Waals surface area (Å²) in [5, 5.41) is 10.5. The molecule has 0 aliphatic carbocycles. The number of H-pyrrole nitrogens is 1. The smallest absolute Gasteiger partial charge is 0.380 e. The van der Waals surface area contributed by atoms with E-state index < -0.39 is 37.9 Å². The van der Waals surface area contributed by atoms with Gasteiger partial charge in [-0.05, 0) is 38.2 Å². The molecule has 2 heterocycles. The van der Waals surface area contributed by atoms with E-state index >= 15 is 0 Å². The number of rotatable bonds is 10. The SMILES string of the molecule is CC(C)OC(=O)[C@H](C)CP(=O)(OC[C@H]1O[C@@H](n2ccc(=O)[nH]c2=S)C[C@H]1O)Oc1ccccc1. The zero-order chi connectivity index (χ0) is 24.9. The van der Waals surface area contributed by atoms with Crippen LogP contribution in [-0.4, -0.2) is 51.7 Å². The van der Waals surface area contributed by atoms with Gasteiger partial charge in [-0.25, -0.2) is 4.57 Å². The van der Waals surface area contributed by atoms with Crippen molar-refractivity contribution in [3.05, 3.63) is 57.7 Å². The van der Waals surface area contributed by atoms with Crippen LogP contribution in [0.2, 0.25) is 0 Å². The van der Waals surface area contributed by atoms with Gasteiger partial charge in [-0.3, -0.25) is 23.7 Å². The topological polar surface area (TPSA) is 129 Å². The minimum Gasteiger partial charge on any atom is -0.463 e. The van der Waals surface area contributed by atoms with Crippen molar-refractivity contribution >= 4 is 25.8 Å². The van der Waals surface area contributed by atoms with Crippen LogP contribution in [0.5, 0.6) is 5.75 Å². The van der Waals surface area contributed by atoms with Crippen LogP contribution in [0.4, 0.5) is 0 Å². The van der Waals surface area contributed by atoms with Gasteiger partial charge in [-0.15, -0.1) is 0 Å². The van der Waals surface area contributed by atoms with Crippen LogP contribution in [0, 0.1) is 10.7 Å². The number of aliphatic hydroxyl groups excluding tert-OH is 1. The maximum Gasteiger partial charge on any atom is 0.380 e. The second kappa shape index (κ2) is 11.4. The number of nitrogens with one attached hydrogen (secondary N) is 1. The zero-order valence-corrected chi connectivity index (χ0v) is 20.9. The molecule has 12 heteroatoms. The molecule has 34 heavy (non-hydrogen) atoms. The van der Waals surface area contributed by atoms with Crippen molar-refractivity contribution in [2.45, 2.75) is 51.7 Å². The third kappa shape index (κ3) is 7.10. The Morgan fingerprint density at radius 1 is 1.29 bits per heavy atom. The highest BCUT2D eigenvalue weighted by molar-refractivity contribution is 7.71. The molecule has 1 aliphatic heterocycles. The molecule has 2 N–H and O–H groups in total. The first-order valence-corrected chi connectivity index (χ1v) is 13.0. The molecule has 3 rings (SSSR count). The van der Waals surface area contributed by atoms with E-state index in [-0.39, 0.29) is 35.6 Å². The normalized spacial score (nSPS) is 22.8. The zero-order valence-electron chi connectivity index (χ0n) is 19.2. The summed E-state index contributed by atoms with van der Waals surface area (Å²) in [6.45, 7) is 4.80. The fraction of sp³-hybridized carbons (Fsp3) is 0.500. The van der Waals surface area contributed by atoms with Crippen molar-refractivity contribution < 1.29 is 33.0 Å². The highest BCUT2D eigenvalue weighted by Gasteiger charge is 2.39. The van der Waals surface area contributed by atoms with E-state index in [1.807, 2.05) is 0 Å². The molecule has 186 valence electrons. The van der Waals surface area contributed by atoms with Gasteiger partial charge < -0.3 is 19.1 Å². The minimum absolute atomic E-state index is 0.154. The summed E-state index contributed by atoms with van der Waals surface area (Å²) in [5.74, 6) is -0.945. The number of hydrogen-bond acceptors (Lipinski definition) is 9. The molecule has 0 spiro atoms. The number of aromatic nitrogens is 2. The predicted octanol–water partition coefficient (Wildman–Crippen LogP) is 3.43. The molecule has 1 fully saturated rings. The minimum atomic E-state index is -3.85. The lowest BCUT2D eigenvalue weighted by Crippen LogP contribution is -2.28. The Hall–Kier alpha value is -2.30. The van der Waals surface area contributed by atoms with Gasteiger partial charge in [0.2, 0.25) is 0 Å². The fourth-order valence-corrected chi connectivity index (χ4v) is 5.54. The van der Waals surface area contributed by atoms with Gasteiger partial charge in [0.25, 0.3) is 5.56 Å². The fourth-order valence-electron chi connectivity index (χ4n) is 3.39. The summed E-state index contributed by atoms with van der Waals surface area (Å²) in [4.78, 5) is 26.2. The molecule has 5 atom stereocenters. The largest absolute Gasteiger partial charge is 0.463 e. The molecule has 1 unspecified atom stereocenters. The number of ether oxygens (including phenoxy) is 2. The van der Waals surface area contributed by atoms with Crippen LogP contribution in [0.3, 0.4) is 0 Å². The van der Waals surface area contributed by atoms with E-state index in [4.69, 9.17) is 30.7 Å². The quantitative estimate of drug-likeness (QED) is 0.279. The average Bonchev–Trinajstić information content (AvgIpc) is 3.12. The Labute approximate surface area is 202 Å². The van der Waals surface area contributed by atoms with Crippen molar-refractivity contribution in [2.75, 3.05) is 12.8 Å². The lowest BCUT2D eigenvalue weighted by Gasteiger charge is -2.24. The second-order valence-corrected chi connectivity index (χ2v) is 10.7. The molecular formula is C22H29N2O8PS. The Balaban J connectivity index is 1.71.